The summed E-state index contributed by atoms with van der Waals surface area (Å²) < 4.78 is 0. The number of Topliss-reactive ketones (excluding diaryl/α,β-unsaturated/α-hetero) is 1. The number of hydrogen-bond acceptors (Lipinski definition) is 3. The van der Waals surface area contributed by atoms with E-state index in [4.69, 9.17) is 0 Å². The lowest BCUT2D eigenvalue weighted by Crippen LogP contribution is -2.49. The predicted octanol–water partition coefficient (Wildman–Crippen LogP) is 2.68. The van der Waals surface area contributed by atoms with Gasteiger partial charge in [0.15, 0.2) is 0 Å². The Kier molecular flexibility index (Phi) is 2.52. The topological polar surface area (TPSA) is 57.5 Å². The number of hydrogen-bond donors (Lipinski definition) is 2. The fourth-order valence-corrected chi connectivity index (χ4v) is 8.04. The Balaban J connectivity index is 1.52. The van der Waals surface area contributed by atoms with Crippen molar-refractivity contribution in [2.24, 2.45) is 34.0 Å². The van der Waals surface area contributed by atoms with Crippen LogP contribution in [0.15, 0.2) is 0 Å². The predicted molar refractivity (Wildman–Crippen MR) is 82.0 cm³/mol. The first-order valence-corrected chi connectivity index (χ1v) is 9.33. The van der Waals surface area contributed by atoms with E-state index in [-0.39, 0.29) is 28.5 Å². The van der Waals surface area contributed by atoms with Crippen molar-refractivity contribution in [3.8, 4) is 0 Å². The van der Waals surface area contributed by atoms with Crippen LogP contribution in [0.4, 0.5) is 0 Å². The molecule has 0 heterocycles. The highest BCUT2D eigenvalue weighted by atomic mass is 16.3. The maximum absolute atomic E-state index is 12.0. The van der Waals surface area contributed by atoms with Gasteiger partial charge in [-0.3, -0.25) is 4.79 Å². The van der Waals surface area contributed by atoms with Crippen molar-refractivity contribution in [3.63, 3.8) is 0 Å². The first-order chi connectivity index (χ1) is 10.5. The van der Waals surface area contributed by atoms with Gasteiger partial charge in [0.05, 0.1) is 12.2 Å². The van der Waals surface area contributed by atoms with Gasteiger partial charge in [-0.2, -0.15) is 0 Å². The number of carbonyl (C=O) groups is 1. The van der Waals surface area contributed by atoms with Crippen LogP contribution in [-0.2, 0) is 4.79 Å². The van der Waals surface area contributed by atoms with Gasteiger partial charge in [-0.05, 0) is 68.1 Å². The van der Waals surface area contributed by atoms with Crippen LogP contribution in [0.1, 0.15) is 64.7 Å². The summed E-state index contributed by atoms with van der Waals surface area (Å²) in [7, 11) is 0. The Morgan fingerprint density at radius 3 is 2.64 bits per heavy atom. The van der Waals surface area contributed by atoms with E-state index in [0.717, 1.165) is 38.5 Å². The molecule has 5 fully saturated rings. The van der Waals surface area contributed by atoms with Gasteiger partial charge in [0, 0.05) is 23.7 Å². The van der Waals surface area contributed by atoms with Crippen LogP contribution < -0.4 is 0 Å². The molecule has 5 rings (SSSR count). The molecule has 2 N–H and O–H groups in total. The van der Waals surface area contributed by atoms with Crippen LogP contribution in [0.2, 0.25) is 0 Å². The molecule has 0 amide bonds. The Morgan fingerprint density at radius 1 is 1.00 bits per heavy atom. The molecule has 0 unspecified atom stereocenters. The Labute approximate surface area is 132 Å². The zero-order valence-electron chi connectivity index (χ0n) is 13.6. The zero-order chi connectivity index (χ0) is 15.3. The quantitative estimate of drug-likeness (QED) is 0.723. The molecule has 3 heteroatoms. The van der Waals surface area contributed by atoms with Crippen molar-refractivity contribution in [2.75, 3.05) is 0 Å². The van der Waals surface area contributed by atoms with Gasteiger partial charge in [-0.15, -0.1) is 0 Å². The molecule has 0 radical (unpaired) electrons. The van der Waals surface area contributed by atoms with E-state index in [1.54, 1.807) is 0 Å². The van der Waals surface area contributed by atoms with Crippen molar-refractivity contribution in [1.82, 2.24) is 0 Å². The van der Waals surface area contributed by atoms with Gasteiger partial charge < -0.3 is 10.2 Å². The second-order valence-corrected chi connectivity index (χ2v) is 9.37. The number of fused-ring (bicyclic) bond motifs is 3. The molecule has 0 spiro atoms. The average Bonchev–Trinajstić information content (AvgIpc) is 2.89. The first-order valence-electron chi connectivity index (χ1n) is 9.33. The van der Waals surface area contributed by atoms with Crippen LogP contribution >= 0.6 is 0 Å². The minimum Gasteiger partial charge on any atom is -0.393 e. The second-order valence-electron chi connectivity index (χ2n) is 9.37. The Morgan fingerprint density at radius 2 is 1.82 bits per heavy atom. The molecule has 122 valence electrons. The molecule has 5 aliphatic carbocycles. The lowest BCUT2D eigenvalue weighted by molar-refractivity contribution is -0.128. The van der Waals surface area contributed by atoms with E-state index >= 15 is 0 Å². The van der Waals surface area contributed by atoms with Crippen LogP contribution in [-0.4, -0.2) is 28.2 Å². The third kappa shape index (κ3) is 1.28. The lowest BCUT2D eigenvalue weighted by Gasteiger charge is -2.54. The highest BCUT2D eigenvalue weighted by molar-refractivity contribution is 5.82. The smallest absolute Gasteiger partial charge is 0.133 e. The molecular weight excluding hydrogens is 276 g/mol. The summed E-state index contributed by atoms with van der Waals surface area (Å²) in [4.78, 5) is 12.0. The van der Waals surface area contributed by atoms with Gasteiger partial charge in [0.25, 0.3) is 0 Å². The van der Waals surface area contributed by atoms with Gasteiger partial charge in [0.2, 0.25) is 0 Å². The first kappa shape index (κ1) is 14.0. The molecule has 0 aromatic carbocycles. The molecule has 0 aliphatic heterocycles. The normalized spacial score (nSPS) is 62.7. The zero-order valence-corrected chi connectivity index (χ0v) is 13.6. The second kappa shape index (κ2) is 3.97. The van der Waals surface area contributed by atoms with Crippen LogP contribution in [0, 0.1) is 34.0 Å². The summed E-state index contributed by atoms with van der Waals surface area (Å²) in [6.45, 7) is 2.30. The summed E-state index contributed by atoms with van der Waals surface area (Å²) in [5, 5.41) is 21.4. The number of aliphatic hydroxyl groups excluding tert-OH is 2. The number of carbonyl (C=O) groups excluding carboxylic acids is 1. The third-order valence-corrected chi connectivity index (χ3v) is 9.16. The minimum atomic E-state index is -0.225. The average molecular weight is 304 g/mol. The van der Waals surface area contributed by atoms with E-state index < -0.39 is 0 Å². The molecular formula is C19H28O3. The molecule has 0 saturated heterocycles. The van der Waals surface area contributed by atoms with Gasteiger partial charge in [0.1, 0.15) is 5.78 Å². The maximum atomic E-state index is 12.0. The van der Waals surface area contributed by atoms with E-state index in [0.29, 0.717) is 36.4 Å². The molecule has 0 bridgehead atoms. The molecule has 22 heavy (non-hydrogen) atoms. The number of aliphatic hydroxyl groups is 2. The summed E-state index contributed by atoms with van der Waals surface area (Å²) in [5.74, 6) is 2.30. The molecule has 0 aromatic heterocycles. The molecule has 5 aliphatic rings. The van der Waals surface area contributed by atoms with Crippen molar-refractivity contribution in [1.29, 1.82) is 0 Å². The van der Waals surface area contributed by atoms with E-state index in [1.807, 2.05) is 0 Å². The SMILES string of the molecule is C[C@]12CC[C@H]3[C@@H](CC[C@@]45CC(=O)CC[C@@]34[C@H]5O)[C@@H]1CC[C@@H]2O. The van der Waals surface area contributed by atoms with Gasteiger partial charge in [-0.25, -0.2) is 0 Å². The fraction of sp³-hybridized carbons (Fsp3) is 0.947. The van der Waals surface area contributed by atoms with Crippen molar-refractivity contribution in [2.45, 2.75) is 76.9 Å². The van der Waals surface area contributed by atoms with Crippen molar-refractivity contribution >= 4 is 5.78 Å². The van der Waals surface area contributed by atoms with E-state index in [2.05, 4.69) is 6.92 Å². The molecule has 3 nitrogen and oxygen atoms in total. The van der Waals surface area contributed by atoms with Gasteiger partial charge in [-0.1, -0.05) is 6.92 Å². The number of rotatable bonds is 0. The minimum absolute atomic E-state index is 0.0472. The van der Waals surface area contributed by atoms with E-state index in [9.17, 15) is 15.0 Å². The van der Waals surface area contributed by atoms with Crippen LogP contribution in [0.5, 0.6) is 0 Å². The van der Waals surface area contributed by atoms with Crippen molar-refractivity contribution in [3.05, 3.63) is 0 Å². The van der Waals surface area contributed by atoms with Crippen molar-refractivity contribution < 1.29 is 15.0 Å². The monoisotopic (exact) mass is 304 g/mol. The van der Waals surface area contributed by atoms with Crippen LogP contribution in [0.25, 0.3) is 0 Å². The Bertz CT molecular complexity index is 545. The summed E-state index contributed by atoms with van der Waals surface area (Å²) >= 11 is 0. The van der Waals surface area contributed by atoms with E-state index in [1.165, 1.54) is 6.42 Å². The maximum Gasteiger partial charge on any atom is 0.133 e. The summed E-state index contributed by atoms with van der Waals surface area (Å²) in [5.41, 5.74) is 0.134. The summed E-state index contributed by atoms with van der Waals surface area (Å²) in [6, 6.07) is 0. The summed E-state index contributed by atoms with van der Waals surface area (Å²) in [6.07, 6.45) is 8.51. The standard InChI is InChI=1S/C19H28O3/c1-17-7-6-14-12(13(17)2-3-15(17)21)5-8-18-10-11(20)4-9-19(14,18)16(18)22/h12-16,21-22H,2-10H2,1H3/t12-,13-,14-,15-,16-,17-,18-,19-/m0/s1. The largest absolute Gasteiger partial charge is 0.393 e. The highest BCUT2D eigenvalue weighted by Gasteiger charge is 2.82. The molecule has 0 aromatic rings. The fourth-order valence-electron chi connectivity index (χ4n) is 8.04. The highest BCUT2D eigenvalue weighted by Crippen LogP contribution is 2.82. The third-order valence-electron chi connectivity index (χ3n) is 9.16. The lowest BCUT2D eigenvalue weighted by atomic mass is 9.50. The molecule has 8 atom stereocenters. The number of ketones is 1. The Hall–Kier alpha value is -0.410. The van der Waals surface area contributed by atoms with Crippen LogP contribution in [0.3, 0.4) is 0 Å². The molecule has 5 saturated carbocycles. The van der Waals surface area contributed by atoms with Gasteiger partial charge >= 0.3 is 0 Å².